The first-order valence-corrected chi connectivity index (χ1v) is 5.89. The summed E-state index contributed by atoms with van der Waals surface area (Å²) in [7, 11) is 0. The number of rotatable bonds is 5. The summed E-state index contributed by atoms with van der Waals surface area (Å²) in [6.07, 6.45) is 0.982. The van der Waals surface area contributed by atoms with Crippen molar-refractivity contribution < 1.29 is 5.11 Å². The summed E-state index contributed by atoms with van der Waals surface area (Å²) >= 11 is 0. The molecule has 0 aliphatic carbocycles. The van der Waals surface area contributed by atoms with Gasteiger partial charge in [0.05, 0.1) is 6.61 Å². The predicted octanol–water partition coefficient (Wildman–Crippen LogP) is 2.57. The van der Waals surface area contributed by atoms with Crippen LogP contribution in [-0.4, -0.2) is 17.8 Å². The van der Waals surface area contributed by atoms with Crippen LogP contribution in [0.1, 0.15) is 32.8 Å². The molecule has 0 spiro atoms. The lowest BCUT2D eigenvalue weighted by Gasteiger charge is -2.25. The standard InChI is InChI=1S/C14H23NO/c1-14(2,3)9-13(11-16)15-10-12-7-5-4-6-8-12/h4-8,13,15-16H,9-11H2,1-3H3. The van der Waals surface area contributed by atoms with Crippen LogP contribution in [0.15, 0.2) is 30.3 Å². The molecular formula is C14H23NO. The van der Waals surface area contributed by atoms with Gasteiger partial charge in [-0.15, -0.1) is 0 Å². The van der Waals surface area contributed by atoms with E-state index in [1.165, 1.54) is 5.56 Å². The quantitative estimate of drug-likeness (QED) is 0.801. The van der Waals surface area contributed by atoms with Crippen LogP contribution in [-0.2, 0) is 6.54 Å². The van der Waals surface area contributed by atoms with Crippen molar-refractivity contribution in [1.29, 1.82) is 0 Å². The van der Waals surface area contributed by atoms with E-state index in [1.54, 1.807) is 0 Å². The average molecular weight is 221 g/mol. The Bertz CT molecular complexity index is 289. The molecule has 0 aliphatic rings. The third kappa shape index (κ3) is 5.29. The largest absolute Gasteiger partial charge is 0.395 e. The molecule has 16 heavy (non-hydrogen) atoms. The summed E-state index contributed by atoms with van der Waals surface area (Å²) in [5, 5.41) is 12.7. The minimum atomic E-state index is 0.181. The monoisotopic (exact) mass is 221 g/mol. The van der Waals surface area contributed by atoms with Crippen molar-refractivity contribution in [3.8, 4) is 0 Å². The molecule has 0 saturated carbocycles. The number of hydrogen-bond acceptors (Lipinski definition) is 2. The highest BCUT2D eigenvalue weighted by molar-refractivity contribution is 5.14. The zero-order valence-corrected chi connectivity index (χ0v) is 10.5. The van der Waals surface area contributed by atoms with Gasteiger partial charge in [0.1, 0.15) is 0 Å². The number of benzene rings is 1. The molecule has 90 valence electrons. The van der Waals surface area contributed by atoms with E-state index in [4.69, 9.17) is 0 Å². The maximum atomic E-state index is 9.30. The highest BCUT2D eigenvalue weighted by Crippen LogP contribution is 2.20. The van der Waals surface area contributed by atoms with Crippen LogP contribution in [0.2, 0.25) is 0 Å². The molecule has 1 unspecified atom stereocenters. The minimum absolute atomic E-state index is 0.181. The van der Waals surface area contributed by atoms with Crippen LogP contribution in [0.25, 0.3) is 0 Å². The van der Waals surface area contributed by atoms with Crippen LogP contribution in [0.3, 0.4) is 0 Å². The van der Waals surface area contributed by atoms with Crippen LogP contribution in [0, 0.1) is 5.41 Å². The molecular weight excluding hydrogens is 198 g/mol. The average Bonchev–Trinajstić information content (AvgIpc) is 2.24. The Labute approximate surface area is 98.7 Å². The van der Waals surface area contributed by atoms with E-state index in [1.807, 2.05) is 18.2 Å². The van der Waals surface area contributed by atoms with Gasteiger partial charge >= 0.3 is 0 Å². The summed E-state index contributed by atoms with van der Waals surface area (Å²) in [5.41, 5.74) is 1.51. The van der Waals surface area contributed by atoms with Crippen molar-refractivity contribution in [2.24, 2.45) is 5.41 Å². The first-order valence-electron chi connectivity index (χ1n) is 5.89. The SMILES string of the molecule is CC(C)(C)CC(CO)NCc1ccccc1. The first kappa shape index (κ1) is 13.2. The normalized spacial score (nSPS) is 13.8. The van der Waals surface area contributed by atoms with Gasteiger partial charge in [-0.3, -0.25) is 0 Å². The summed E-state index contributed by atoms with van der Waals surface area (Å²) in [5.74, 6) is 0. The van der Waals surface area contributed by atoms with E-state index in [0.29, 0.717) is 0 Å². The second-order valence-corrected chi connectivity index (χ2v) is 5.51. The van der Waals surface area contributed by atoms with Crippen molar-refractivity contribution in [1.82, 2.24) is 5.32 Å². The number of aliphatic hydroxyl groups is 1. The minimum Gasteiger partial charge on any atom is -0.395 e. The van der Waals surface area contributed by atoms with Crippen molar-refractivity contribution >= 4 is 0 Å². The van der Waals surface area contributed by atoms with Crippen LogP contribution >= 0.6 is 0 Å². The molecule has 2 N–H and O–H groups in total. The van der Waals surface area contributed by atoms with E-state index in [2.05, 4.69) is 38.2 Å². The van der Waals surface area contributed by atoms with Crippen LogP contribution in [0.4, 0.5) is 0 Å². The third-order valence-electron chi connectivity index (χ3n) is 2.52. The topological polar surface area (TPSA) is 32.3 Å². The molecule has 1 aromatic carbocycles. The number of aliphatic hydroxyl groups excluding tert-OH is 1. The van der Waals surface area contributed by atoms with E-state index in [9.17, 15) is 5.11 Å². The molecule has 0 bridgehead atoms. The second-order valence-electron chi connectivity index (χ2n) is 5.51. The van der Waals surface area contributed by atoms with E-state index in [-0.39, 0.29) is 18.1 Å². The van der Waals surface area contributed by atoms with Gasteiger partial charge < -0.3 is 10.4 Å². The van der Waals surface area contributed by atoms with Crippen LogP contribution in [0.5, 0.6) is 0 Å². The smallest absolute Gasteiger partial charge is 0.0584 e. The summed E-state index contributed by atoms with van der Waals surface area (Å²) in [4.78, 5) is 0. The fraction of sp³-hybridized carbons (Fsp3) is 0.571. The molecule has 0 saturated heterocycles. The molecule has 1 atom stereocenters. The Hall–Kier alpha value is -0.860. The molecule has 1 rings (SSSR count). The zero-order chi connectivity index (χ0) is 12.0. The summed E-state index contributed by atoms with van der Waals surface area (Å²) in [6.45, 7) is 7.60. The predicted molar refractivity (Wildman–Crippen MR) is 68.2 cm³/mol. The lowest BCUT2D eigenvalue weighted by Crippen LogP contribution is -2.35. The van der Waals surface area contributed by atoms with Gasteiger partial charge in [-0.25, -0.2) is 0 Å². The number of hydrogen-bond donors (Lipinski definition) is 2. The molecule has 0 aromatic heterocycles. The zero-order valence-electron chi connectivity index (χ0n) is 10.5. The van der Waals surface area contributed by atoms with Gasteiger partial charge in [0.2, 0.25) is 0 Å². The van der Waals surface area contributed by atoms with Gasteiger partial charge in [-0.1, -0.05) is 51.1 Å². The van der Waals surface area contributed by atoms with E-state index >= 15 is 0 Å². The van der Waals surface area contributed by atoms with E-state index in [0.717, 1.165) is 13.0 Å². The Morgan fingerprint density at radius 3 is 2.31 bits per heavy atom. The Morgan fingerprint density at radius 2 is 1.81 bits per heavy atom. The lowest BCUT2D eigenvalue weighted by molar-refractivity contribution is 0.198. The molecule has 0 radical (unpaired) electrons. The van der Waals surface area contributed by atoms with E-state index < -0.39 is 0 Å². The fourth-order valence-corrected chi connectivity index (χ4v) is 1.80. The second kappa shape index (κ2) is 6.02. The number of nitrogens with one attached hydrogen (secondary N) is 1. The molecule has 0 fully saturated rings. The van der Waals surface area contributed by atoms with Gasteiger partial charge in [-0.05, 0) is 17.4 Å². The third-order valence-corrected chi connectivity index (χ3v) is 2.52. The molecule has 0 heterocycles. The van der Waals surface area contributed by atoms with Crippen molar-refractivity contribution in [2.45, 2.75) is 39.8 Å². The Kier molecular flexibility index (Phi) is 4.97. The summed E-state index contributed by atoms with van der Waals surface area (Å²) < 4.78 is 0. The first-order chi connectivity index (χ1) is 7.51. The molecule has 0 amide bonds. The highest BCUT2D eigenvalue weighted by atomic mass is 16.3. The molecule has 0 aliphatic heterocycles. The summed E-state index contributed by atoms with van der Waals surface area (Å²) in [6, 6.07) is 10.5. The highest BCUT2D eigenvalue weighted by Gasteiger charge is 2.17. The van der Waals surface area contributed by atoms with Gasteiger partial charge in [0.15, 0.2) is 0 Å². The maximum Gasteiger partial charge on any atom is 0.0584 e. The lowest BCUT2D eigenvalue weighted by atomic mass is 9.88. The Balaban J connectivity index is 2.40. The van der Waals surface area contributed by atoms with Gasteiger partial charge in [0.25, 0.3) is 0 Å². The molecule has 1 aromatic rings. The molecule has 2 heteroatoms. The molecule has 2 nitrogen and oxygen atoms in total. The van der Waals surface area contributed by atoms with Gasteiger partial charge in [-0.2, -0.15) is 0 Å². The van der Waals surface area contributed by atoms with Gasteiger partial charge in [0, 0.05) is 12.6 Å². The van der Waals surface area contributed by atoms with Crippen molar-refractivity contribution in [2.75, 3.05) is 6.61 Å². The van der Waals surface area contributed by atoms with Crippen molar-refractivity contribution in [3.05, 3.63) is 35.9 Å². The van der Waals surface area contributed by atoms with Crippen molar-refractivity contribution in [3.63, 3.8) is 0 Å². The van der Waals surface area contributed by atoms with Crippen LogP contribution < -0.4 is 5.32 Å². The maximum absolute atomic E-state index is 9.30. The Morgan fingerprint density at radius 1 is 1.19 bits per heavy atom. The fourth-order valence-electron chi connectivity index (χ4n) is 1.80.